The van der Waals surface area contributed by atoms with Crippen LogP contribution in [-0.4, -0.2) is 131 Å². The summed E-state index contributed by atoms with van der Waals surface area (Å²) in [5.41, 5.74) is 13.5. The van der Waals surface area contributed by atoms with Gasteiger partial charge in [-0.25, -0.2) is 38.7 Å². The van der Waals surface area contributed by atoms with E-state index in [0.717, 1.165) is 145 Å². The van der Waals surface area contributed by atoms with E-state index in [-0.39, 0.29) is 19.5 Å². The van der Waals surface area contributed by atoms with Crippen LogP contribution in [0.3, 0.4) is 0 Å². The van der Waals surface area contributed by atoms with E-state index < -0.39 is 23.9 Å². The van der Waals surface area contributed by atoms with Crippen molar-refractivity contribution in [3.05, 3.63) is 113 Å². The number of benzene rings is 1. The summed E-state index contributed by atoms with van der Waals surface area (Å²) in [6, 6.07) is 19.5. The van der Waals surface area contributed by atoms with Gasteiger partial charge >= 0.3 is 11.6 Å². The minimum Gasteiger partial charge on any atom is -0.361 e. The molecule has 1 aromatic carbocycles. The van der Waals surface area contributed by atoms with Gasteiger partial charge in [-0.15, -0.1) is 0 Å². The van der Waals surface area contributed by atoms with Crippen molar-refractivity contribution in [2.75, 3.05) is 36.8 Å². The number of fused-ring (bicyclic) bond motifs is 2. The number of para-hydroxylation sites is 1. The first-order valence-corrected chi connectivity index (χ1v) is 26.8. The van der Waals surface area contributed by atoms with Crippen molar-refractivity contribution in [3.8, 4) is 50.7 Å². The molecule has 3 N–H and O–H groups in total. The van der Waals surface area contributed by atoms with Crippen LogP contribution < -0.4 is 10.6 Å². The number of H-pyrrole nitrogens is 1. The third kappa shape index (κ3) is 10.6. The number of halogens is 2. The SMILES string of the molecule is C.Cc1cnc(N[C@H]2CCC[C@H]2N2CC(F)C2)nc1-c1c[nH]c2nc(-c3c(C)noc3C)ccc12.Cc1cnc(N[C@H]2CCC[C@H]2N2CC(F)C2)nc1-c1cn(-c2ccccc2)c2nc(-c3c(C)noc3C)ccc12.O=S=O. The molecular weight excluding hydrogens is 1010 g/mol. The Kier molecular flexibility index (Phi) is 15.7. The smallest absolute Gasteiger partial charge is 0.335 e. The Morgan fingerprint density at radius 2 is 1.13 bits per heavy atom. The lowest BCUT2D eigenvalue weighted by molar-refractivity contribution is 0.0264. The molecule has 21 heteroatoms. The maximum Gasteiger partial charge on any atom is 0.335 e. The molecule has 4 atom stereocenters. The zero-order valence-electron chi connectivity index (χ0n) is 43.8. The molecule has 0 amide bonds. The van der Waals surface area contributed by atoms with Crippen LogP contribution in [0, 0.1) is 41.5 Å². The molecule has 2 saturated carbocycles. The molecule has 13 rings (SSSR count). The maximum atomic E-state index is 13.6. The highest BCUT2D eigenvalue weighted by Crippen LogP contribution is 2.38. The van der Waals surface area contributed by atoms with Gasteiger partial charge in [0.05, 0.1) is 45.3 Å². The summed E-state index contributed by atoms with van der Waals surface area (Å²) in [7, 11) is 0. The third-order valence-corrected chi connectivity index (χ3v) is 15.5. The van der Waals surface area contributed by atoms with Gasteiger partial charge in [-0.3, -0.25) is 9.80 Å². The highest BCUT2D eigenvalue weighted by atomic mass is 32.1. The summed E-state index contributed by atoms with van der Waals surface area (Å²) in [5, 5.41) is 17.3. The average Bonchev–Trinajstić information content (AvgIpc) is 4.31. The summed E-state index contributed by atoms with van der Waals surface area (Å²) in [6.07, 6.45) is 12.9. The molecular formula is C57H64F2N14O4S. The highest BCUT2D eigenvalue weighted by Gasteiger charge is 2.40. The highest BCUT2D eigenvalue weighted by molar-refractivity contribution is 7.51. The molecule has 2 aliphatic heterocycles. The lowest BCUT2D eigenvalue weighted by Crippen LogP contribution is -2.57. The molecule has 9 aromatic rings. The van der Waals surface area contributed by atoms with Crippen molar-refractivity contribution in [1.29, 1.82) is 0 Å². The van der Waals surface area contributed by atoms with Gasteiger partial charge in [-0.05, 0) is 128 Å². The quantitative estimate of drug-likeness (QED) is 0.110. The Bertz CT molecular complexity index is 3580. The molecule has 18 nitrogen and oxygen atoms in total. The molecule has 0 bridgehead atoms. The molecule has 0 spiro atoms. The molecule has 0 unspecified atom stereocenters. The second kappa shape index (κ2) is 22.8. The fourth-order valence-electron chi connectivity index (χ4n) is 11.7. The van der Waals surface area contributed by atoms with Gasteiger partial charge in [0.2, 0.25) is 11.9 Å². The van der Waals surface area contributed by atoms with Crippen LogP contribution in [0.15, 0.2) is 88.4 Å². The van der Waals surface area contributed by atoms with Crippen LogP contribution in [0.4, 0.5) is 20.7 Å². The third-order valence-electron chi connectivity index (χ3n) is 15.5. The van der Waals surface area contributed by atoms with Gasteiger partial charge in [0.15, 0.2) is 0 Å². The number of nitrogens with one attached hydrogen (secondary N) is 3. The zero-order chi connectivity index (χ0) is 53.5. The van der Waals surface area contributed by atoms with Crippen molar-refractivity contribution in [2.24, 2.45) is 0 Å². The van der Waals surface area contributed by atoms with Crippen LogP contribution >= 0.6 is 0 Å². The molecule has 2 aliphatic carbocycles. The number of hydrogen-bond acceptors (Lipinski definition) is 16. The normalized spacial score (nSPS) is 19.6. The largest absolute Gasteiger partial charge is 0.361 e. The number of anilines is 2. The summed E-state index contributed by atoms with van der Waals surface area (Å²) >= 11 is -0.750. The summed E-state index contributed by atoms with van der Waals surface area (Å²) in [5.74, 6) is 2.72. The Morgan fingerprint density at radius 1 is 0.628 bits per heavy atom. The molecule has 4 fully saturated rings. The van der Waals surface area contributed by atoms with Crippen molar-refractivity contribution in [1.82, 2.24) is 59.6 Å². The Hall–Kier alpha value is -7.62. The number of alkyl halides is 2. The van der Waals surface area contributed by atoms with Gasteiger partial charge in [0.1, 0.15) is 35.2 Å². The number of likely N-dealkylation sites (tertiary alicyclic amines) is 2. The Morgan fingerprint density at radius 3 is 1.63 bits per heavy atom. The predicted octanol–water partition coefficient (Wildman–Crippen LogP) is 10.6. The average molecular weight is 1080 g/mol. The standard InChI is InChI=1S/C31H32FN7O.C25H28FN7O.CH4.O2S/c1-18-14-33-31(35-25-10-7-11-27(25)38-15-21(32)16-38)36-29(18)24-17-39(22-8-5-4-6-9-22)30-23(24)12-13-26(34-30)28-19(2)37-40-20(28)3;1-13-9-28-25(30-19-5-4-6-21(19)33-11-16(26)12-33)31-23(13)18-10-27-24-17(18)7-8-20(29-24)22-14(2)32-34-15(22)3;;1-3-2/h4-6,8-9,12-14,17,21,25,27H,7,10-11,15-16H2,1-3H3,(H,33,35,36);7-10,16,19,21H,4-6,11-12H2,1-3H3,(H,27,29)(H,28,30,31);1H4;/t25-,27+;19-,21+;;/m00../s1. The van der Waals surface area contributed by atoms with Gasteiger partial charge < -0.3 is 29.2 Å². The van der Waals surface area contributed by atoms with Gasteiger partial charge in [0.25, 0.3) is 0 Å². The molecule has 0 radical (unpaired) electrons. The van der Waals surface area contributed by atoms with Crippen molar-refractivity contribution in [2.45, 2.75) is 124 Å². The first-order chi connectivity index (χ1) is 37.3. The number of pyridine rings is 2. The van der Waals surface area contributed by atoms with Crippen LogP contribution in [0.25, 0.3) is 72.8 Å². The number of aryl methyl sites for hydroxylation is 6. The summed E-state index contributed by atoms with van der Waals surface area (Å²) < 4.78 is 56.4. The van der Waals surface area contributed by atoms with Crippen molar-refractivity contribution < 1.29 is 26.2 Å². The van der Waals surface area contributed by atoms with E-state index in [1.165, 1.54) is 0 Å². The molecule has 78 heavy (non-hydrogen) atoms. The number of aromatic amines is 1. The summed E-state index contributed by atoms with van der Waals surface area (Å²) in [6.45, 7) is 13.9. The van der Waals surface area contributed by atoms with Crippen molar-refractivity contribution >= 4 is 45.5 Å². The Labute approximate surface area is 454 Å². The molecule has 8 aromatic heterocycles. The molecule has 2 saturated heterocycles. The number of rotatable bonds is 11. The number of hydrogen-bond donors (Lipinski definition) is 3. The summed E-state index contributed by atoms with van der Waals surface area (Å²) in [4.78, 5) is 36.9. The lowest BCUT2D eigenvalue weighted by Gasteiger charge is -2.41. The zero-order valence-corrected chi connectivity index (χ0v) is 44.6. The Balaban J connectivity index is 0.000000168. The van der Waals surface area contributed by atoms with Crippen LogP contribution in [-0.2, 0) is 11.6 Å². The number of nitrogens with zero attached hydrogens (tertiary/aromatic N) is 11. The molecule has 406 valence electrons. The maximum absolute atomic E-state index is 13.6. The minimum atomic E-state index is -0.750. The van der Waals surface area contributed by atoms with E-state index in [4.69, 9.17) is 37.4 Å². The monoisotopic (exact) mass is 1080 g/mol. The van der Waals surface area contributed by atoms with E-state index >= 15 is 0 Å². The number of aromatic nitrogens is 10. The first kappa shape index (κ1) is 53.8. The lowest BCUT2D eigenvalue weighted by atomic mass is 10.0. The predicted molar refractivity (Wildman–Crippen MR) is 297 cm³/mol. The fourth-order valence-corrected chi connectivity index (χ4v) is 11.7. The second-order valence-electron chi connectivity index (χ2n) is 20.6. The van der Waals surface area contributed by atoms with Crippen molar-refractivity contribution in [3.63, 3.8) is 0 Å². The van der Waals surface area contributed by atoms with E-state index in [1.54, 1.807) is 0 Å². The van der Waals surface area contributed by atoms with E-state index in [0.29, 0.717) is 50.2 Å². The van der Waals surface area contributed by atoms with E-state index in [1.807, 2.05) is 90.5 Å². The van der Waals surface area contributed by atoms with Crippen LogP contribution in [0.1, 0.15) is 80.0 Å². The first-order valence-electron chi connectivity index (χ1n) is 26.2. The second-order valence-corrected chi connectivity index (χ2v) is 20.8. The van der Waals surface area contributed by atoms with Gasteiger partial charge in [-0.1, -0.05) is 35.9 Å². The van der Waals surface area contributed by atoms with Crippen LogP contribution in [0.5, 0.6) is 0 Å². The minimum absolute atomic E-state index is 0. The molecule has 10 heterocycles. The van der Waals surface area contributed by atoms with Gasteiger partial charge in [0, 0.05) is 103 Å². The molecule has 4 aliphatic rings. The van der Waals surface area contributed by atoms with Crippen LogP contribution in [0.2, 0.25) is 0 Å². The topological polar surface area (TPSA) is 215 Å². The van der Waals surface area contributed by atoms with E-state index in [2.05, 4.69) is 80.7 Å². The van der Waals surface area contributed by atoms with Gasteiger partial charge in [-0.2, -0.15) is 8.42 Å². The fraction of sp³-hybridized carbons (Fsp3) is 0.404. The van der Waals surface area contributed by atoms with E-state index in [9.17, 15) is 8.78 Å².